The smallest absolute Gasteiger partial charge is 0.387 e. The highest BCUT2D eigenvalue weighted by Crippen LogP contribution is 2.30. The van der Waals surface area contributed by atoms with Crippen molar-refractivity contribution < 1.29 is 18.3 Å². The molecule has 0 amide bonds. The number of benzene rings is 3. The van der Waals surface area contributed by atoms with Crippen molar-refractivity contribution in [2.24, 2.45) is 0 Å². The van der Waals surface area contributed by atoms with Gasteiger partial charge in [-0.25, -0.2) is 0 Å². The Morgan fingerprint density at radius 2 is 1.66 bits per heavy atom. The molecule has 0 radical (unpaired) electrons. The summed E-state index contributed by atoms with van der Waals surface area (Å²) in [6, 6.07) is 21.4. The average Bonchev–Trinajstić information content (AvgIpc) is 3.23. The van der Waals surface area contributed by atoms with Crippen LogP contribution in [0.1, 0.15) is 0 Å². The minimum absolute atomic E-state index is 0.0543. The van der Waals surface area contributed by atoms with Gasteiger partial charge in [-0.15, -0.1) is 15.3 Å². The highest BCUT2D eigenvalue weighted by atomic mass is 19.3. The molecule has 0 fully saturated rings. The summed E-state index contributed by atoms with van der Waals surface area (Å²) in [5.41, 5.74) is 1.98. The minimum atomic E-state index is -2.90. The van der Waals surface area contributed by atoms with Crippen LogP contribution in [0.25, 0.3) is 27.8 Å². The van der Waals surface area contributed by atoms with Gasteiger partial charge in [-0.05, 0) is 36.4 Å². The van der Waals surface area contributed by atoms with E-state index in [0.29, 0.717) is 23.0 Å². The van der Waals surface area contributed by atoms with E-state index in [0.717, 1.165) is 22.1 Å². The molecule has 0 atom stereocenters. The second kappa shape index (κ2) is 8.10. The van der Waals surface area contributed by atoms with Gasteiger partial charge in [0.05, 0.1) is 7.11 Å². The van der Waals surface area contributed by atoms with Crippen molar-refractivity contribution in [1.82, 2.24) is 19.8 Å². The van der Waals surface area contributed by atoms with E-state index >= 15 is 0 Å². The van der Waals surface area contributed by atoms with Crippen LogP contribution in [0.4, 0.5) is 20.3 Å². The van der Waals surface area contributed by atoms with Crippen LogP contribution in [-0.4, -0.2) is 33.5 Å². The topological polar surface area (TPSA) is 73.6 Å². The maximum absolute atomic E-state index is 12.6. The van der Waals surface area contributed by atoms with Crippen LogP contribution < -0.4 is 14.8 Å². The molecule has 2 heterocycles. The average molecular weight is 433 g/mol. The molecule has 0 bridgehead atoms. The van der Waals surface area contributed by atoms with Crippen molar-refractivity contribution in [3.05, 3.63) is 72.8 Å². The molecule has 0 saturated heterocycles. The SMILES string of the molecule is COc1ccc(-c2nnc3c4ccccc4c(Nc4cccc(OC(F)F)c4)nn23)cc1. The largest absolute Gasteiger partial charge is 0.497 e. The first-order valence-electron chi connectivity index (χ1n) is 9.73. The number of rotatable bonds is 6. The summed E-state index contributed by atoms with van der Waals surface area (Å²) in [5.74, 6) is 1.87. The Hall–Kier alpha value is -4.27. The number of hydrogen-bond acceptors (Lipinski definition) is 6. The molecule has 3 aromatic carbocycles. The van der Waals surface area contributed by atoms with Gasteiger partial charge in [0.2, 0.25) is 0 Å². The molecule has 0 saturated carbocycles. The lowest BCUT2D eigenvalue weighted by molar-refractivity contribution is -0.0498. The monoisotopic (exact) mass is 433 g/mol. The van der Waals surface area contributed by atoms with Gasteiger partial charge >= 0.3 is 6.61 Å². The first kappa shape index (κ1) is 19.7. The number of ether oxygens (including phenoxy) is 2. The second-order valence-electron chi connectivity index (χ2n) is 6.91. The van der Waals surface area contributed by atoms with Crippen LogP contribution >= 0.6 is 0 Å². The lowest BCUT2D eigenvalue weighted by atomic mass is 10.1. The zero-order valence-corrected chi connectivity index (χ0v) is 16.9. The molecule has 0 aliphatic heterocycles. The Labute approximate surface area is 181 Å². The molecule has 2 aromatic heterocycles. The van der Waals surface area contributed by atoms with Crippen molar-refractivity contribution in [2.45, 2.75) is 6.61 Å². The predicted octanol–water partition coefficient (Wildman–Crippen LogP) is 5.30. The second-order valence-corrected chi connectivity index (χ2v) is 6.91. The molecule has 0 aliphatic carbocycles. The Morgan fingerprint density at radius 1 is 0.875 bits per heavy atom. The van der Waals surface area contributed by atoms with Crippen molar-refractivity contribution in [3.8, 4) is 22.9 Å². The van der Waals surface area contributed by atoms with E-state index in [1.54, 1.807) is 23.8 Å². The minimum Gasteiger partial charge on any atom is -0.497 e. The van der Waals surface area contributed by atoms with Gasteiger partial charge in [0.15, 0.2) is 17.3 Å². The van der Waals surface area contributed by atoms with E-state index in [1.807, 2.05) is 48.5 Å². The quantitative estimate of drug-likeness (QED) is 0.392. The van der Waals surface area contributed by atoms with Gasteiger partial charge in [0, 0.05) is 28.1 Å². The van der Waals surface area contributed by atoms with E-state index in [-0.39, 0.29) is 5.75 Å². The van der Waals surface area contributed by atoms with Gasteiger partial charge in [0.1, 0.15) is 11.5 Å². The third-order valence-corrected chi connectivity index (χ3v) is 4.93. The Bertz CT molecular complexity index is 1400. The third kappa shape index (κ3) is 3.64. The molecule has 9 heteroatoms. The maximum Gasteiger partial charge on any atom is 0.387 e. The van der Waals surface area contributed by atoms with E-state index in [9.17, 15) is 8.78 Å². The molecular formula is C23H17F2N5O2. The van der Waals surface area contributed by atoms with Crippen LogP contribution in [0.2, 0.25) is 0 Å². The van der Waals surface area contributed by atoms with Crippen molar-refractivity contribution in [3.63, 3.8) is 0 Å². The summed E-state index contributed by atoms with van der Waals surface area (Å²) in [7, 11) is 1.61. The first-order valence-corrected chi connectivity index (χ1v) is 9.73. The molecule has 5 rings (SSSR count). The number of alkyl halides is 2. The highest BCUT2D eigenvalue weighted by molar-refractivity contribution is 6.01. The Balaban J connectivity index is 1.63. The molecule has 5 aromatic rings. The fourth-order valence-electron chi connectivity index (χ4n) is 3.48. The summed E-state index contributed by atoms with van der Waals surface area (Å²) in [5, 5.41) is 18.3. The van der Waals surface area contributed by atoms with Crippen LogP contribution in [-0.2, 0) is 0 Å². The molecule has 1 N–H and O–H groups in total. The van der Waals surface area contributed by atoms with E-state index < -0.39 is 6.61 Å². The van der Waals surface area contributed by atoms with Crippen LogP contribution in [0.5, 0.6) is 11.5 Å². The molecule has 0 aliphatic rings. The van der Waals surface area contributed by atoms with Crippen molar-refractivity contribution in [1.29, 1.82) is 0 Å². The van der Waals surface area contributed by atoms with Crippen LogP contribution in [0.15, 0.2) is 72.8 Å². The first-order chi connectivity index (χ1) is 15.6. The molecule has 0 unspecified atom stereocenters. The lowest BCUT2D eigenvalue weighted by Gasteiger charge is -2.12. The van der Waals surface area contributed by atoms with Gasteiger partial charge in [-0.1, -0.05) is 30.3 Å². The number of halogens is 2. The fraction of sp³-hybridized carbons (Fsp3) is 0.0870. The van der Waals surface area contributed by atoms with Crippen molar-refractivity contribution >= 4 is 27.9 Å². The number of hydrogen-bond donors (Lipinski definition) is 1. The lowest BCUT2D eigenvalue weighted by Crippen LogP contribution is -2.04. The summed E-state index contributed by atoms with van der Waals surface area (Å²) < 4.78 is 36.6. The summed E-state index contributed by atoms with van der Waals surface area (Å²) in [6.45, 7) is -2.90. The van der Waals surface area contributed by atoms with Crippen LogP contribution in [0.3, 0.4) is 0 Å². The van der Waals surface area contributed by atoms with E-state index in [1.165, 1.54) is 12.1 Å². The normalized spacial score (nSPS) is 11.2. The molecular weight excluding hydrogens is 416 g/mol. The van der Waals surface area contributed by atoms with Gasteiger partial charge in [-0.3, -0.25) is 0 Å². The molecule has 160 valence electrons. The van der Waals surface area contributed by atoms with E-state index in [4.69, 9.17) is 9.84 Å². The van der Waals surface area contributed by atoms with Gasteiger partial charge in [-0.2, -0.15) is 13.3 Å². The van der Waals surface area contributed by atoms with Crippen molar-refractivity contribution in [2.75, 3.05) is 12.4 Å². The Kier molecular flexibility index (Phi) is 4.98. The van der Waals surface area contributed by atoms with Gasteiger partial charge < -0.3 is 14.8 Å². The number of nitrogens with one attached hydrogen (secondary N) is 1. The fourth-order valence-corrected chi connectivity index (χ4v) is 3.48. The third-order valence-electron chi connectivity index (χ3n) is 4.93. The number of methoxy groups -OCH3 is 1. The number of nitrogens with zero attached hydrogens (tertiary/aromatic N) is 4. The number of fused-ring (bicyclic) bond motifs is 3. The highest BCUT2D eigenvalue weighted by Gasteiger charge is 2.16. The van der Waals surface area contributed by atoms with Gasteiger partial charge in [0.25, 0.3) is 0 Å². The Morgan fingerprint density at radius 3 is 2.41 bits per heavy atom. The standard InChI is InChI=1S/C23H17F2N5O2/c1-31-16-11-9-14(10-12-16)21-27-28-22-19-8-3-2-7-18(19)20(29-30(21)22)26-15-5-4-6-17(13-15)32-23(24)25/h2-13,23H,1H3,(H,26,29). The number of aromatic nitrogens is 4. The predicted molar refractivity (Wildman–Crippen MR) is 117 cm³/mol. The molecule has 32 heavy (non-hydrogen) atoms. The van der Waals surface area contributed by atoms with E-state index in [2.05, 4.69) is 20.3 Å². The number of anilines is 2. The maximum atomic E-state index is 12.6. The molecule has 7 nitrogen and oxygen atoms in total. The zero-order valence-electron chi connectivity index (χ0n) is 16.9. The molecule has 0 spiro atoms. The summed E-state index contributed by atoms with van der Waals surface area (Å²) >= 11 is 0. The zero-order chi connectivity index (χ0) is 22.1. The van der Waals surface area contributed by atoms with Crippen LogP contribution in [0, 0.1) is 0 Å². The summed E-state index contributed by atoms with van der Waals surface area (Å²) in [6.07, 6.45) is 0. The summed E-state index contributed by atoms with van der Waals surface area (Å²) in [4.78, 5) is 0.